The van der Waals surface area contributed by atoms with Crippen LogP contribution in [0.15, 0.2) is 17.1 Å². The predicted molar refractivity (Wildman–Crippen MR) is 62.3 cm³/mol. The average Bonchev–Trinajstić information content (AvgIpc) is 2.67. The van der Waals surface area contributed by atoms with Crippen LogP contribution in [0.25, 0.3) is 0 Å². The molecule has 1 aliphatic heterocycles. The van der Waals surface area contributed by atoms with Crippen molar-refractivity contribution < 1.29 is 14.9 Å². The standard InChI is InChI=1S/C11H13N3O4/c1-2-11(5-7(16)8(6-15)18-11)14-4-3-9(12)13-10(14)17/h1,3-4,7-8,15-16H,5-6H2,(H2,12,13,17)/t7-,8+,11+/m0/s1. The molecule has 3 atom stereocenters. The van der Waals surface area contributed by atoms with Crippen LogP contribution in [-0.4, -0.2) is 38.6 Å². The summed E-state index contributed by atoms with van der Waals surface area (Å²) in [5.74, 6) is 2.41. The lowest BCUT2D eigenvalue weighted by Crippen LogP contribution is -2.41. The van der Waals surface area contributed by atoms with Gasteiger partial charge in [0.1, 0.15) is 11.9 Å². The van der Waals surface area contributed by atoms with Crippen molar-refractivity contribution in [2.75, 3.05) is 12.3 Å². The van der Waals surface area contributed by atoms with Gasteiger partial charge in [0.25, 0.3) is 0 Å². The molecule has 1 aromatic heterocycles. The predicted octanol–water partition coefficient (Wildman–Crippen LogP) is -1.75. The molecule has 18 heavy (non-hydrogen) atoms. The Balaban J connectivity index is 2.47. The molecular formula is C11H13N3O4. The minimum absolute atomic E-state index is 0.000230. The van der Waals surface area contributed by atoms with Crippen LogP contribution in [0.4, 0.5) is 5.82 Å². The summed E-state index contributed by atoms with van der Waals surface area (Å²) in [5.41, 5.74) is 3.28. The lowest BCUT2D eigenvalue weighted by molar-refractivity contribution is -0.0835. The van der Waals surface area contributed by atoms with Crippen LogP contribution in [0.1, 0.15) is 6.42 Å². The fourth-order valence-corrected chi connectivity index (χ4v) is 1.96. The number of ether oxygens (including phenoxy) is 1. The summed E-state index contributed by atoms with van der Waals surface area (Å²) in [5, 5.41) is 18.8. The highest BCUT2D eigenvalue weighted by atomic mass is 16.6. The van der Waals surface area contributed by atoms with Crippen LogP contribution in [0, 0.1) is 12.3 Å². The molecule has 0 bridgehead atoms. The van der Waals surface area contributed by atoms with E-state index in [0.717, 1.165) is 4.57 Å². The van der Waals surface area contributed by atoms with Crippen molar-refractivity contribution in [3.05, 3.63) is 22.7 Å². The van der Waals surface area contributed by atoms with E-state index < -0.39 is 23.6 Å². The number of anilines is 1. The summed E-state index contributed by atoms with van der Waals surface area (Å²) in [6, 6.07) is 1.41. The first-order chi connectivity index (χ1) is 8.52. The van der Waals surface area contributed by atoms with Gasteiger partial charge >= 0.3 is 5.69 Å². The van der Waals surface area contributed by atoms with Gasteiger partial charge in [0.05, 0.1) is 12.7 Å². The van der Waals surface area contributed by atoms with Crippen molar-refractivity contribution in [3.63, 3.8) is 0 Å². The summed E-state index contributed by atoms with van der Waals surface area (Å²) in [4.78, 5) is 15.3. The van der Waals surface area contributed by atoms with Gasteiger partial charge < -0.3 is 20.7 Å². The first-order valence-electron chi connectivity index (χ1n) is 5.32. The van der Waals surface area contributed by atoms with Crippen molar-refractivity contribution in [2.45, 2.75) is 24.4 Å². The number of aliphatic hydroxyl groups is 2. The van der Waals surface area contributed by atoms with Crippen LogP contribution in [-0.2, 0) is 10.5 Å². The van der Waals surface area contributed by atoms with Crippen LogP contribution in [0.5, 0.6) is 0 Å². The summed E-state index contributed by atoms with van der Waals surface area (Å²) >= 11 is 0. The van der Waals surface area contributed by atoms with Crippen molar-refractivity contribution in [1.82, 2.24) is 9.55 Å². The zero-order chi connectivity index (χ0) is 13.3. The molecule has 7 nitrogen and oxygen atoms in total. The SMILES string of the molecule is C#C[C@]1(n2ccc(N)nc2=O)C[C@H](O)[C@@H](CO)O1. The van der Waals surface area contributed by atoms with E-state index in [-0.39, 0.29) is 18.8 Å². The van der Waals surface area contributed by atoms with E-state index in [9.17, 15) is 9.90 Å². The van der Waals surface area contributed by atoms with Gasteiger partial charge in [0, 0.05) is 12.6 Å². The molecule has 2 rings (SSSR count). The summed E-state index contributed by atoms with van der Waals surface area (Å²) in [6.07, 6.45) is 4.98. The minimum atomic E-state index is -1.44. The Labute approximate surface area is 103 Å². The maximum Gasteiger partial charge on any atom is 0.352 e. The van der Waals surface area contributed by atoms with Gasteiger partial charge in [0.2, 0.25) is 5.72 Å². The number of hydrogen-bond acceptors (Lipinski definition) is 6. The molecule has 0 unspecified atom stereocenters. The van der Waals surface area contributed by atoms with E-state index in [1.54, 1.807) is 0 Å². The first kappa shape index (κ1) is 12.6. The molecule has 1 saturated heterocycles. The second kappa shape index (κ2) is 4.42. The normalized spacial score (nSPS) is 31.2. The minimum Gasteiger partial charge on any atom is -0.394 e. The van der Waals surface area contributed by atoms with E-state index in [1.807, 2.05) is 0 Å². The van der Waals surface area contributed by atoms with Gasteiger partial charge in [-0.25, -0.2) is 4.79 Å². The van der Waals surface area contributed by atoms with E-state index >= 15 is 0 Å². The molecule has 1 aliphatic rings. The number of hydrogen-bond donors (Lipinski definition) is 3. The second-order valence-corrected chi connectivity index (χ2v) is 4.04. The molecule has 0 amide bonds. The van der Waals surface area contributed by atoms with Crippen LogP contribution in [0.2, 0.25) is 0 Å². The maximum absolute atomic E-state index is 11.7. The zero-order valence-electron chi connectivity index (χ0n) is 9.48. The molecule has 4 N–H and O–H groups in total. The van der Waals surface area contributed by atoms with Crippen LogP contribution in [0.3, 0.4) is 0 Å². The lowest BCUT2D eigenvalue weighted by Gasteiger charge is -2.24. The van der Waals surface area contributed by atoms with E-state index in [2.05, 4.69) is 10.9 Å². The average molecular weight is 251 g/mol. The highest BCUT2D eigenvalue weighted by molar-refractivity contribution is 5.25. The molecule has 2 heterocycles. The molecule has 7 heteroatoms. The Hall–Kier alpha value is -1.88. The van der Waals surface area contributed by atoms with Gasteiger partial charge in [0.15, 0.2) is 0 Å². The molecule has 0 radical (unpaired) electrons. The largest absolute Gasteiger partial charge is 0.394 e. The smallest absolute Gasteiger partial charge is 0.352 e. The van der Waals surface area contributed by atoms with Crippen molar-refractivity contribution in [3.8, 4) is 12.3 Å². The molecule has 1 aromatic rings. The zero-order valence-corrected chi connectivity index (χ0v) is 9.48. The fraction of sp³-hybridized carbons (Fsp3) is 0.455. The molecule has 0 aromatic carbocycles. The molecule has 0 spiro atoms. The Bertz CT molecular complexity index is 550. The third-order valence-electron chi connectivity index (χ3n) is 2.88. The lowest BCUT2D eigenvalue weighted by atomic mass is 10.1. The number of nitrogen functional groups attached to an aromatic ring is 1. The van der Waals surface area contributed by atoms with Gasteiger partial charge in [-0.05, 0) is 12.0 Å². The van der Waals surface area contributed by atoms with E-state index in [4.69, 9.17) is 22.0 Å². The Kier molecular flexibility index (Phi) is 3.09. The van der Waals surface area contributed by atoms with Crippen molar-refractivity contribution in [2.24, 2.45) is 0 Å². The highest BCUT2D eigenvalue weighted by Gasteiger charge is 2.46. The van der Waals surface area contributed by atoms with E-state index in [0.29, 0.717) is 0 Å². The Morgan fingerprint density at radius 3 is 3.00 bits per heavy atom. The molecule has 1 fully saturated rings. The van der Waals surface area contributed by atoms with Crippen molar-refractivity contribution in [1.29, 1.82) is 0 Å². The maximum atomic E-state index is 11.7. The summed E-state index contributed by atoms with van der Waals surface area (Å²) in [6.45, 7) is -0.387. The molecule has 0 aliphatic carbocycles. The topological polar surface area (TPSA) is 111 Å². The van der Waals surface area contributed by atoms with Gasteiger partial charge in [-0.1, -0.05) is 0 Å². The summed E-state index contributed by atoms with van der Waals surface area (Å²) < 4.78 is 6.50. The van der Waals surface area contributed by atoms with Crippen molar-refractivity contribution >= 4 is 5.82 Å². The number of terminal acetylenes is 1. The number of nitrogens with zero attached hydrogens (tertiary/aromatic N) is 2. The number of aromatic nitrogens is 2. The van der Waals surface area contributed by atoms with Crippen LogP contribution < -0.4 is 11.4 Å². The number of nitrogens with two attached hydrogens (primary N) is 1. The van der Waals surface area contributed by atoms with Gasteiger partial charge in [-0.2, -0.15) is 4.98 Å². The van der Waals surface area contributed by atoms with E-state index in [1.165, 1.54) is 12.3 Å². The number of rotatable bonds is 2. The molecule has 0 saturated carbocycles. The fourth-order valence-electron chi connectivity index (χ4n) is 1.96. The van der Waals surface area contributed by atoms with Gasteiger partial charge in [-0.15, -0.1) is 6.42 Å². The van der Waals surface area contributed by atoms with Gasteiger partial charge in [-0.3, -0.25) is 4.57 Å². The molecular weight excluding hydrogens is 238 g/mol. The third-order valence-corrected chi connectivity index (χ3v) is 2.88. The summed E-state index contributed by atoms with van der Waals surface area (Å²) in [7, 11) is 0. The Morgan fingerprint density at radius 2 is 2.50 bits per heavy atom. The monoisotopic (exact) mass is 251 g/mol. The highest BCUT2D eigenvalue weighted by Crippen LogP contribution is 2.33. The van der Waals surface area contributed by atoms with Crippen LogP contribution >= 0.6 is 0 Å². The Morgan fingerprint density at radius 1 is 1.78 bits per heavy atom. The number of aliphatic hydroxyl groups excluding tert-OH is 2. The first-order valence-corrected chi connectivity index (χ1v) is 5.32. The molecule has 96 valence electrons. The quantitative estimate of drug-likeness (QED) is 0.538. The second-order valence-electron chi connectivity index (χ2n) is 4.04. The third kappa shape index (κ3) is 1.86.